The third-order valence-corrected chi connectivity index (χ3v) is 6.69. The van der Waals surface area contributed by atoms with Crippen LogP contribution in [0.1, 0.15) is 54.9 Å². The first-order valence-electron chi connectivity index (χ1n) is 11.1. The normalized spacial score (nSPS) is 22.7. The molecule has 5 rings (SSSR count). The molecule has 0 saturated heterocycles. The number of benzene rings is 2. The molecule has 6 heteroatoms. The van der Waals surface area contributed by atoms with Crippen LogP contribution in [0.25, 0.3) is 6.08 Å². The number of methoxy groups -OCH3 is 2. The summed E-state index contributed by atoms with van der Waals surface area (Å²) in [5, 5.41) is 11.9. The van der Waals surface area contributed by atoms with Crippen LogP contribution in [0.5, 0.6) is 28.7 Å². The summed E-state index contributed by atoms with van der Waals surface area (Å²) in [5.74, 6) is 3.63. The van der Waals surface area contributed by atoms with E-state index in [0.29, 0.717) is 18.1 Å². The maximum absolute atomic E-state index is 11.9. The van der Waals surface area contributed by atoms with Crippen LogP contribution in [-0.4, -0.2) is 39.1 Å². The average molecular weight is 438 g/mol. The van der Waals surface area contributed by atoms with Gasteiger partial charge in [0.25, 0.3) is 0 Å². The molecule has 2 aromatic carbocycles. The molecule has 0 radical (unpaired) electrons. The quantitative estimate of drug-likeness (QED) is 0.724. The van der Waals surface area contributed by atoms with Crippen molar-refractivity contribution in [2.45, 2.75) is 50.7 Å². The van der Waals surface area contributed by atoms with Crippen molar-refractivity contribution in [2.75, 3.05) is 27.4 Å². The van der Waals surface area contributed by atoms with Gasteiger partial charge in [-0.05, 0) is 61.6 Å². The van der Waals surface area contributed by atoms with Crippen LogP contribution in [-0.2, 0) is 6.42 Å². The molecule has 32 heavy (non-hydrogen) atoms. The van der Waals surface area contributed by atoms with E-state index in [1.807, 2.05) is 45.0 Å². The fourth-order valence-electron chi connectivity index (χ4n) is 4.94. The molecular formula is C26H29O6-. The molecule has 0 N–H and O–H groups in total. The largest absolute Gasteiger partial charge is 0.854 e. The van der Waals surface area contributed by atoms with Gasteiger partial charge in [-0.2, -0.15) is 0 Å². The van der Waals surface area contributed by atoms with E-state index in [1.54, 1.807) is 14.2 Å². The Kier molecular flexibility index (Phi) is 5.01. The number of fused-ring (bicyclic) bond motifs is 6. The van der Waals surface area contributed by atoms with Crippen molar-refractivity contribution in [3.8, 4) is 28.7 Å². The van der Waals surface area contributed by atoms with E-state index in [4.69, 9.17) is 23.7 Å². The van der Waals surface area contributed by atoms with Crippen molar-refractivity contribution in [1.82, 2.24) is 0 Å². The average Bonchev–Trinajstić information content (AvgIpc) is 2.79. The number of ether oxygens (including phenoxy) is 5. The van der Waals surface area contributed by atoms with Crippen LogP contribution in [0.3, 0.4) is 0 Å². The monoisotopic (exact) mass is 437 g/mol. The highest BCUT2D eigenvalue weighted by atomic mass is 16.5. The molecule has 6 nitrogen and oxygen atoms in total. The Morgan fingerprint density at radius 1 is 1.12 bits per heavy atom. The van der Waals surface area contributed by atoms with E-state index in [-0.39, 0.29) is 24.5 Å². The van der Waals surface area contributed by atoms with Crippen molar-refractivity contribution in [3.63, 3.8) is 0 Å². The molecule has 3 atom stereocenters. The smallest absolute Gasteiger partial charge is 0.164 e. The molecule has 2 unspecified atom stereocenters. The molecule has 0 fully saturated rings. The zero-order chi connectivity index (χ0) is 22.6. The van der Waals surface area contributed by atoms with Gasteiger partial charge in [0, 0.05) is 17.5 Å². The Labute approximate surface area is 188 Å². The summed E-state index contributed by atoms with van der Waals surface area (Å²) < 4.78 is 29.9. The zero-order valence-corrected chi connectivity index (χ0v) is 19.2. The van der Waals surface area contributed by atoms with E-state index in [9.17, 15) is 5.11 Å². The molecule has 2 aromatic rings. The topological polar surface area (TPSA) is 69.2 Å². The van der Waals surface area contributed by atoms with Gasteiger partial charge in [-0.25, -0.2) is 0 Å². The molecule has 170 valence electrons. The molecule has 3 aliphatic heterocycles. The summed E-state index contributed by atoms with van der Waals surface area (Å²) in [4.78, 5) is 0. The minimum atomic E-state index is -0.404. The first kappa shape index (κ1) is 21.0. The van der Waals surface area contributed by atoms with E-state index in [0.717, 1.165) is 45.9 Å². The van der Waals surface area contributed by atoms with Crippen molar-refractivity contribution < 1.29 is 28.8 Å². The third-order valence-electron chi connectivity index (χ3n) is 6.69. The molecule has 3 heterocycles. The Morgan fingerprint density at radius 3 is 2.59 bits per heavy atom. The lowest BCUT2D eigenvalue weighted by Gasteiger charge is -2.41. The molecule has 0 aromatic heterocycles. The molecule has 0 aliphatic carbocycles. The summed E-state index contributed by atoms with van der Waals surface area (Å²) in [6.45, 7) is 6.26. The van der Waals surface area contributed by atoms with E-state index >= 15 is 0 Å². The summed E-state index contributed by atoms with van der Waals surface area (Å²) in [6.07, 6.45) is 4.75. The summed E-state index contributed by atoms with van der Waals surface area (Å²) in [5.41, 5.74) is 3.67. The van der Waals surface area contributed by atoms with E-state index in [1.165, 1.54) is 0 Å². The van der Waals surface area contributed by atoms with Gasteiger partial charge in [-0.1, -0.05) is 6.92 Å². The van der Waals surface area contributed by atoms with Gasteiger partial charge in [-0.3, -0.25) is 0 Å². The number of hydrogen-bond donors (Lipinski definition) is 0. The lowest BCUT2D eigenvalue weighted by molar-refractivity contribution is -0.371. The third kappa shape index (κ3) is 3.28. The van der Waals surface area contributed by atoms with E-state index in [2.05, 4.69) is 6.08 Å². The van der Waals surface area contributed by atoms with Crippen LogP contribution in [0.15, 0.2) is 24.3 Å². The van der Waals surface area contributed by atoms with Crippen molar-refractivity contribution >= 4 is 6.08 Å². The fourth-order valence-corrected chi connectivity index (χ4v) is 4.94. The van der Waals surface area contributed by atoms with Gasteiger partial charge in [0.2, 0.25) is 0 Å². The molecule has 0 spiro atoms. The van der Waals surface area contributed by atoms with Gasteiger partial charge >= 0.3 is 0 Å². The second kappa shape index (κ2) is 7.62. The zero-order valence-electron chi connectivity index (χ0n) is 19.2. The highest BCUT2D eigenvalue weighted by Crippen LogP contribution is 2.51. The fraction of sp³-hybridized carbons (Fsp3) is 0.462. The van der Waals surface area contributed by atoms with Crippen molar-refractivity contribution in [3.05, 3.63) is 46.5 Å². The van der Waals surface area contributed by atoms with Crippen LogP contribution in [0.2, 0.25) is 0 Å². The predicted octanol–water partition coefficient (Wildman–Crippen LogP) is 3.83. The Balaban J connectivity index is 1.63. The summed E-state index contributed by atoms with van der Waals surface area (Å²) in [6, 6.07) is 5.91. The maximum Gasteiger partial charge on any atom is 0.164 e. The van der Waals surface area contributed by atoms with Gasteiger partial charge in [0.05, 0.1) is 19.8 Å². The standard InChI is InChI=1S/C26H29O6/c1-14(12-27)16-9-21-15(6-7-26(2,3)32-21)25-19(16)8-17-18-10-22(28-4)23(29-5)11-20(18)30-13-24(17)31-25/h6-7,9-11,14,17,24H,8,12-13H2,1-5H3/q-1/t14?,17?,24-/m1/s1. The molecule has 0 bridgehead atoms. The number of rotatable bonds is 4. The summed E-state index contributed by atoms with van der Waals surface area (Å²) >= 11 is 0. The number of hydrogen-bond acceptors (Lipinski definition) is 6. The molecule has 0 amide bonds. The maximum atomic E-state index is 11.9. The van der Waals surface area contributed by atoms with Crippen LogP contribution < -0.4 is 28.8 Å². The first-order chi connectivity index (χ1) is 15.3. The van der Waals surface area contributed by atoms with Gasteiger partial charge < -0.3 is 28.8 Å². The Morgan fingerprint density at radius 2 is 1.88 bits per heavy atom. The lowest BCUT2D eigenvalue weighted by atomic mass is 9.79. The van der Waals surface area contributed by atoms with Crippen LogP contribution in [0.4, 0.5) is 0 Å². The summed E-state index contributed by atoms with van der Waals surface area (Å²) in [7, 11) is 3.25. The molecule has 0 saturated carbocycles. The van der Waals surface area contributed by atoms with Gasteiger partial charge in [0.15, 0.2) is 11.5 Å². The van der Waals surface area contributed by atoms with Crippen LogP contribution in [0, 0.1) is 0 Å². The minimum absolute atomic E-state index is 0.0895. The first-order valence-corrected chi connectivity index (χ1v) is 11.1. The van der Waals surface area contributed by atoms with Gasteiger partial charge in [-0.15, -0.1) is 6.61 Å². The second-order valence-electron chi connectivity index (χ2n) is 9.31. The molecular weight excluding hydrogens is 408 g/mol. The highest BCUT2D eigenvalue weighted by Gasteiger charge is 2.41. The Hall–Kier alpha value is -2.86. The minimum Gasteiger partial charge on any atom is -0.854 e. The SMILES string of the molecule is COc1cc2c(cc1OC)C1Cc3c(C(C)C[O-])cc4c(c3O[C@@H]1CO2)C=CC(C)(C)O4. The predicted molar refractivity (Wildman–Crippen MR) is 119 cm³/mol. The van der Waals surface area contributed by atoms with Crippen molar-refractivity contribution in [1.29, 1.82) is 0 Å². The van der Waals surface area contributed by atoms with Gasteiger partial charge in [0.1, 0.15) is 35.6 Å². The lowest BCUT2D eigenvalue weighted by Crippen LogP contribution is -2.40. The second-order valence-corrected chi connectivity index (χ2v) is 9.31. The highest BCUT2D eigenvalue weighted by molar-refractivity contribution is 5.72. The molecule has 3 aliphatic rings. The van der Waals surface area contributed by atoms with E-state index < -0.39 is 5.60 Å². The Bertz CT molecular complexity index is 1090. The van der Waals surface area contributed by atoms with Crippen LogP contribution >= 0.6 is 0 Å². The van der Waals surface area contributed by atoms with Crippen molar-refractivity contribution in [2.24, 2.45) is 0 Å².